The maximum Gasteiger partial charge on any atom is 0.331 e. The van der Waals surface area contributed by atoms with Crippen LogP contribution < -0.4 is 5.32 Å². The minimum Gasteiger partial charge on any atom is -0.452 e. The van der Waals surface area contributed by atoms with Crippen molar-refractivity contribution in [2.24, 2.45) is 7.05 Å². The predicted octanol–water partition coefficient (Wildman–Crippen LogP) is 3.02. The number of hydrogen-bond donors (Lipinski definition) is 1. The molecule has 1 aromatic heterocycles. The SMILES string of the molecule is Cc1nn(C)c(C)c1NC(=O)COC(=O)/C=C/c1c(F)cccc1Cl. The molecule has 2 rings (SSSR count). The summed E-state index contributed by atoms with van der Waals surface area (Å²) >= 11 is 5.85. The van der Waals surface area contributed by atoms with Gasteiger partial charge in [-0.05, 0) is 32.1 Å². The number of rotatable bonds is 5. The molecule has 0 saturated heterocycles. The van der Waals surface area contributed by atoms with E-state index in [1.54, 1.807) is 18.7 Å². The molecule has 1 aromatic carbocycles. The second kappa shape index (κ2) is 7.94. The lowest BCUT2D eigenvalue weighted by molar-refractivity contribution is -0.142. The zero-order chi connectivity index (χ0) is 18.6. The fourth-order valence-electron chi connectivity index (χ4n) is 2.14. The highest BCUT2D eigenvalue weighted by Crippen LogP contribution is 2.20. The molecule has 6 nitrogen and oxygen atoms in total. The molecule has 1 amide bonds. The molecule has 2 aromatic rings. The molecule has 0 aliphatic carbocycles. The molecular weight excluding hydrogens is 349 g/mol. The Hall–Kier alpha value is -2.67. The summed E-state index contributed by atoms with van der Waals surface area (Å²) in [5.41, 5.74) is 2.10. The molecule has 1 N–H and O–H groups in total. The van der Waals surface area contributed by atoms with Gasteiger partial charge in [-0.3, -0.25) is 9.48 Å². The standard InChI is InChI=1S/C17H17ClFN3O3/c1-10-17(11(2)22(3)21-10)20-15(23)9-25-16(24)8-7-12-13(18)5-4-6-14(12)19/h4-8H,9H2,1-3H3,(H,20,23)/b8-7+. The van der Waals surface area contributed by atoms with E-state index in [0.717, 1.165) is 11.8 Å². The zero-order valence-corrected chi connectivity index (χ0v) is 14.7. The number of aromatic nitrogens is 2. The van der Waals surface area contributed by atoms with Crippen LogP contribution in [0.25, 0.3) is 6.08 Å². The number of hydrogen-bond acceptors (Lipinski definition) is 4. The van der Waals surface area contributed by atoms with E-state index < -0.39 is 24.3 Å². The van der Waals surface area contributed by atoms with Crippen LogP contribution in [0.1, 0.15) is 17.0 Å². The number of amides is 1. The van der Waals surface area contributed by atoms with Crippen LogP contribution >= 0.6 is 11.6 Å². The van der Waals surface area contributed by atoms with Crippen LogP contribution in [0.2, 0.25) is 5.02 Å². The van der Waals surface area contributed by atoms with Crippen molar-refractivity contribution in [1.82, 2.24) is 9.78 Å². The summed E-state index contributed by atoms with van der Waals surface area (Å²) in [4.78, 5) is 23.5. The van der Waals surface area contributed by atoms with Crippen LogP contribution in [0.15, 0.2) is 24.3 Å². The first-order valence-electron chi connectivity index (χ1n) is 7.38. The van der Waals surface area contributed by atoms with E-state index in [1.807, 2.05) is 6.92 Å². The number of benzene rings is 1. The van der Waals surface area contributed by atoms with Crippen LogP contribution in [0.3, 0.4) is 0 Å². The Morgan fingerprint density at radius 3 is 2.72 bits per heavy atom. The summed E-state index contributed by atoms with van der Waals surface area (Å²) in [5.74, 6) is -1.84. The van der Waals surface area contributed by atoms with Crippen molar-refractivity contribution in [2.45, 2.75) is 13.8 Å². The van der Waals surface area contributed by atoms with Crippen molar-refractivity contribution in [3.8, 4) is 0 Å². The summed E-state index contributed by atoms with van der Waals surface area (Å²) in [6.45, 7) is 3.10. The van der Waals surface area contributed by atoms with E-state index in [4.69, 9.17) is 16.3 Å². The third kappa shape index (κ3) is 4.67. The van der Waals surface area contributed by atoms with Gasteiger partial charge in [-0.15, -0.1) is 0 Å². The number of esters is 1. The zero-order valence-electron chi connectivity index (χ0n) is 14.0. The third-order valence-corrected chi connectivity index (χ3v) is 3.83. The number of anilines is 1. The molecule has 25 heavy (non-hydrogen) atoms. The summed E-state index contributed by atoms with van der Waals surface area (Å²) in [6, 6.07) is 4.19. The van der Waals surface area contributed by atoms with Gasteiger partial charge in [-0.2, -0.15) is 5.10 Å². The molecule has 1 heterocycles. The number of carbonyl (C=O) groups is 2. The van der Waals surface area contributed by atoms with Gasteiger partial charge in [0, 0.05) is 18.7 Å². The molecule has 0 unspecified atom stereocenters. The monoisotopic (exact) mass is 365 g/mol. The second-order valence-electron chi connectivity index (χ2n) is 5.29. The molecule has 0 spiro atoms. The van der Waals surface area contributed by atoms with Crippen LogP contribution in [-0.2, 0) is 21.4 Å². The molecule has 0 bridgehead atoms. The Morgan fingerprint density at radius 1 is 1.40 bits per heavy atom. The third-order valence-electron chi connectivity index (χ3n) is 3.50. The van der Waals surface area contributed by atoms with Crippen LogP contribution in [0.5, 0.6) is 0 Å². The highest BCUT2D eigenvalue weighted by Gasteiger charge is 2.13. The summed E-state index contributed by atoms with van der Waals surface area (Å²) in [5, 5.41) is 6.99. The van der Waals surface area contributed by atoms with Gasteiger partial charge in [0.05, 0.1) is 22.1 Å². The first-order chi connectivity index (χ1) is 11.8. The number of nitrogens with one attached hydrogen (secondary N) is 1. The molecular formula is C17H17ClFN3O3. The van der Waals surface area contributed by atoms with Gasteiger partial charge in [0.25, 0.3) is 5.91 Å². The molecule has 132 valence electrons. The Balaban J connectivity index is 1.91. The van der Waals surface area contributed by atoms with E-state index in [-0.39, 0.29) is 10.6 Å². The molecule has 0 aliphatic rings. The number of halogens is 2. The number of ether oxygens (including phenoxy) is 1. The van der Waals surface area contributed by atoms with Gasteiger partial charge in [-0.25, -0.2) is 9.18 Å². The topological polar surface area (TPSA) is 73.2 Å². The van der Waals surface area contributed by atoms with Gasteiger partial charge in [-0.1, -0.05) is 17.7 Å². The van der Waals surface area contributed by atoms with Crippen LogP contribution in [0, 0.1) is 19.7 Å². The smallest absolute Gasteiger partial charge is 0.331 e. The summed E-state index contributed by atoms with van der Waals surface area (Å²) in [6.07, 6.45) is 2.21. The Bertz CT molecular complexity index is 826. The molecule has 0 aliphatic heterocycles. The quantitative estimate of drug-likeness (QED) is 0.653. The van der Waals surface area contributed by atoms with Crippen molar-refractivity contribution < 1.29 is 18.7 Å². The molecule has 0 saturated carbocycles. The van der Waals surface area contributed by atoms with Gasteiger partial charge >= 0.3 is 5.97 Å². The van der Waals surface area contributed by atoms with Gasteiger partial charge in [0.1, 0.15) is 5.82 Å². The van der Waals surface area contributed by atoms with E-state index in [0.29, 0.717) is 11.4 Å². The Kier molecular flexibility index (Phi) is 5.93. The lowest BCUT2D eigenvalue weighted by Gasteiger charge is -2.06. The normalized spacial score (nSPS) is 10.9. The number of carbonyl (C=O) groups excluding carboxylic acids is 2. The first-order valence-corrected chi connectivity index (χ1v) is 7.76. The predicted molar refractivity (Wildman–Crippen MR) is 92.7 cm³/mol. The fourth-order valence-corrected chi connectivity index (χ4v) is 2.36. The van der Waals surface area contributed by atoms with Gasteiger partial charge in [0.15, 0.2) is 6.61 Å². The number of aryl methyl sites for hydroxylation is 2. The van der Waals surface area contributed by atoms with Crippen molar-refractivity contribution in [3.05, 3.63) is 52.1 Å². The maximum absolute atomic E-state index is 13.6. The van der Waals surface area contributed by atoms with E-state index >= 15 is 0 Å². The minimum absolute atomic E-state index is 0.0761. The largest absolute Gasteiger partial charge is 0.452 e. The second-order valence-corrected chi connectivity index (χ2v) is 5.70. The average Bonchev–Trinajstić information content (AvgIpc) is 2.79. The minimum atomic E-state index is -0.783. The Morgan fingerprint density at radius 2 is 2.12 bits per heavy atom. The lowest BCUT2D eigenvalue weighted by Crippen LogP contribution is -2.20. The first kappa shape index (κ1) is 18.7. The molecule has 0 radical (unpaired) electrons. The van der Waals surface area contributed by atoms with Crippen LogP contribution in [0.4, 0.5) is 10.1 Å². The van der Waals surface area contributed by atoms with Gasteiger partial charge in [0.2, 0.25) is 0 Å². The summed E-state index contributed by atoms with van der Waals surface area (Å²) in [7, 11) is 1.76. The molecule has 0 atom stereocenters. The highest BCUT2D eigenvalue weighted by molar-refractivity contribution is 6.32. The van der Waals surface area contributed by atoms with Crippen molar-refractivity contribution in [2.75, 3.05) is 11.9 Å². The Labute approximate surface area is 149 Å². The fraction of sp³-hybridized carbons (Fsp3) is 0.235. The number of nitrogens with zero attached hydrogens (tertiary/aromatic N) is 2. The average molecular weight is 366 g/mol. The maximum atomic E-state index is 13.6. The highest BCUT2D eigenvalue weighted by atomic mass is 35.5. The summed E-state index contributed by atoms with van der Waals surface area (Å²) < 4.78 is 20.0. The van der Waals surface area contributed by atoms with E-state index in [2.05, 4.69) is 10.4 Å². The van der Waals surface area contributed by atoms with Crippen LogP contribution in [-0.4, -0.2) is 28.3 Å². The van der Waals surface area contributed by atoms with E-state index in [1.165, 1.54) is 24.3 Å². The van der Waals surface area contributed by atoms with Crippen molar-refractivity contribution in [1.29, 1.82) is 0 Å². The van der Waals surface area contributed by atoms with E-state index in [9.17, 15) is 14.0 Å². The molecule has 8 heteroatoms. The molecule has 0 fully saturated rings. The van der Waals surface area contributed by atoms with Crippen molar-refractivity contribution >= 4 is 35.2 Å². The lowest BCUT2D eigenvalue weighted by atomic mass is 10.2. The van der Waals surface area contributed by atoms with Crippen molar-refractivity contribution in [3.63, 3.8) is 0 Å². The van der Waals surface area contributed by atoms with Gasteiger partial charge < -0.3 is 10.1 Å².